The van der Waals surface area contributed by atoms with Gasteiger partial charge < -0.3 is 0 Å². The molecule has 0 aliphatic carbocycles. The van der Waals surface area contributed by atoms with Crippen molar-refractivity contribution in [2.75, 3.05) is 0 Å². The molecule has 0 fully saturated rings. The van der Waals surface area contributed by atoms with Crippen LogP contribution in [0.3, 0.4) is 0 Å². The van der Waals surface area contributed by atoms with Crippen LogP contribution in [-0.4, -0.2) is 0 Å². The Hall–Kier alpha value is -3.68. The Morgan fingerprint density at radius 2 is 1.00 bits per heavy atom. The van der Waals surface area contributed by atoms with Gasteiger partial charge in [0.05, 0.1) is 0 Å². The summed E-state index contributed by atoms with van der Waals surface area (Å²) in [6.45, 7) is 0. The molecule has 0 unspecified atom stereocenters. The van der Waals surface area contributed by atoms with E-state index in [4.69, 9.17) is 0 Å². The lowest BCUT2D eigenvalue weighted by atomic mass is 9.99. The summed E-state index contributed by atoms with van der Waals surface area (Å²) in [5.41, 5.74) is 0.154. The van der Waals surface area contributed by atoms with Crippen molar-refractivity contribution in [1.29, 1.82) is 21.0 Å². The first-order chi connectivity index (χ1) is 12.7. The third-order valence-electron chi connectivity index (χ3n) is 4.25. The molecule has 6 heteroatoms. The predicted molar refractivity (Wildman–Crippen MR) is 103 cm³/mol. The van der Waals surface area contributed by atoms with Gasteiger partial charge in [-0.25, -0.2) is 0 Å². The number of benzene rings is 2. The number of hydrogen-bond donors (Lipinski definition) is 0. The number of hydrogen-bond acceptors (Lipinski definition) is 6. The molecule has 0 amide bonds. The smallest absolute Gasteiger partial charge is 0.138 e. The summed E-state index contributed by atoms with van der Waals surface area (Å²) in [6, 6.07) is 15.5. The van der Waals surface area contributed by atoms with Crippen LogP contribution < -0.4 is 10.4 Å². The molecule has 2 heterocycles. The SMILES string of the molecule is N#CC(C#N)=c1cc2c3ccsc3c(=C(C#N)C#N)cc2c2ccsc12. The fraction of sp³-hybridized carbons (Fsp3) is 0. The van der Waals surface area contributed by atoms with Gasteiger partial charge in [-0.1, -0.05) is 0 Å². The first-order valence-corrected chi connectivity index (χ1v) is 9.18. The van der Waals surface area contributed by atoms with Gasteiger partial charge in [-0.15, -0.1) is 22.7 Å². The monoisotopic (exact) mass is 366 g/mol. The summed E-state index contributed by atoms with van der Waals surface area (Å²) >= 11 is 2.93. The third kappa shape index (κ3) is 2.08. The topological polar surface area (TPSA) is 95.2 Å². The van der Waals surface area contributed by atoms with E-state index in [9.17, 15) is 21.0 Å². The number of fused-ring (bicyclic) bond motifs is 5. The van der Waals surface area contributed by atoms with Gasteiger partial charge in [0.15, 0.2) is 0 Å². The minimum absolute atomic E-state index is 0.0770. The molecule has 4 nitrogen and oxygen atoms in total. The second-order valence-electron chi connectivity index (χ2n) is 5.47. The van der Waals surface area contributed by atoms with Crippen molar-refractivity contribution in [3.05, 3.63) is 45.5 Å². The van der Waals surface area contributed by atoms with Crippen molar-refractivity contribution >= 4 is 64.8 Å². The Kier molecular flexibility index (Phi) is 3.65. The molecule has 0 saturated carbocycles. The molecule has 2 aromatic carbocycles. The minimum atomic E-state index is 0.0770. The van der Waals surface area contributed by atoms with E-state index in [1.54, 1.807) is 0 Å². The Morgan fingerprint density at radius 1 is 0.615 bits per heavy atom. The molecule has 26 heavy (non-hydrogen) atoms. The van der Waals surface area contributed by atoms with Crippen LogP contribution in [-0.2, 0) is 0 Å². The lowest BCUT2D eigenvalue weighted by molar-refractivity contribution is 1.50. The van der Waals surface area contributed by atoms with Crippen LogP contribution in [0.2, 0.25) is 0 Å². The lowest BCUT2D eigenvalue weighted by Gasteiger charge is -2.05. The molecule has 0 N–H and O–H groups in total. The lowest BCUT2D eigenvalue weighted by Crippen LogP contribution is -2.08. The summed E-state index contributed by atoms with van der Waals surface area (Å²) in [6.07, 6.45) is 0. The molecule has 0 bridgehead atoms. The van der Waals surface area contributed by atoms with E-state index in [1.807, 2.05) is 59.3 Å². The number of rotatable bonds is 0. The predicted octanol–water partition coefficient (Wildman–Crippen LogP) is 3.66. The van der Waals surface area contributed by atoms with Gasteiger partial charge in [-0.2, -0.15) is 21.0 Å². The minimum Gasteiger partial charge on any atom is -0.192 e. The summed E-state index contributed by atoms with van der Waals surface area (Å²) in [7, 11) is 0. The Balaban J connectivity index is 2.44. The molecular weight excluding hydrogens is 360 g/mol. The van der Waals surface area contributed by atoms with Crippen molar-refractivity contribution < 1.29 is 0 Å². The maximum absolute atomic E-state index is 9.32. The molecule has 0 aliphatic rings. The van der Waals surface area contributed by atoms with E-state index in [2.05, 4.69) is 0 Å². The van der Waals surface area contributed by atoms with E-state index < -0.39 is 0 Å². The largest absolute Gasteiger partial charge is 0.192 e. The Bertz CT molecular complexity index is 1370. The average molecular weight is 366 g/mol. The first kappa shape index (κ1) is 15.8. The van der Waals surface area contributed by atoms with Gasteiger partial charge in [-0.3, -0.25) is 0 Å². The van der Waals surface area contributed by atoms with E-state index in [0.29, 0.717) is 10.4 Å². The Morgan fingerprint density at radius 3 is 1.35 bits per heavy atom. The summed E-state index contributed by atoms with van der Waals surface area (Å²) in [5.74, 6) is 0. The molecule has 2 aromatic heterocycles. The molecule has 0 radical (unpaired) electrons. The molecule has 0 spiro atoms. The van der Waals surface area contributed by atoms with Gasteiger partial charge in [0.1, 0.15) is 35.4 Å². The van der Waals surface area contributed by atoms with Crippen LogP contribution in [0.1, 0.15) is 0 Å². The molecule has 4 aromatic rings. The molecule has 4 rings (SSSR count). The summed E-state index contributed by atoms with van der Waals surface area (Å²) in [5, 5.41) is 46.0. The van der Waals surface area contributed by atoms with Crippen LogP contribution in [0, 0.1) is 45.3 Å². The maximum atomic E-state index is 9.32. The van der Waals surface area contributed by atoms with E-state index in [1.165, 1.54) is 22.7 Å². The van der Waals surface area contributed by atoms with Gasteiger partial charge >= 0.3 is 0 Å². The summed E-state index contributed by atoms with van der Waals surface area (Å²) in [4.78, 5) is 0. The highest BCUT2D eigenvalue weighted by molar-refractivity contribution is 7.17. The molecular formula is C20H6N4S2. The van der Waals surface area contributed by atoms with Gasteiger partial charge in [0.2, 0.25) is 0 Å². The van der Waals surface area contributed by atoms with Crippen molar-refractivity contribution in [3.63, 3.8) is 0 Å². The normalized spacial score (nSPS) is 10.2. The van der Waals surface area contributed by atoms with Gasteiger partial charge in [0.25, 0.3) is 0 Å². The summed E-state index contributed by atoms with van der Waals surface area (Å²) < 4.78 is 1.71. The zero-order chi connectivity index (χ0) is 18.3. The standard InChI is InChI=1S/C20H6N4S2/c21-7-11(8-22)15-6-18-14-2-4-26-20(14)16(12(9-23)10-24)5-17(18)13-1-3-25-19(13)15/h1-6H. The first-order valence-electron chi connectivity index (χ1n) is 7.42. The van der Waals surface area contributed by atoms with Crippen LogP contribution in [0.15, 0.2) is 35.0 Å². The van der Waals surface area contributed by atoms with Crippen LogP contribution in [0.4, 0.5) is 0 Å². The number of nitriles is 4. The van der Waals surface area contributed by atoms with E-state index >= 15 is 0 Å². The third-order valence-corrected chi connectivity index (χ3v) is 6.15. The van der Waals surface area contributed by atoms with Crippen LogP contribution in [0.25, 0.3) is 42.1 Å². The molecule has 0 aliphatic heterocycles. The highest BCUT2D eigenvalue weighted by Gasteiger charge is 2.13. The molecule has 0 saturated heterocycles. The second-order valence-corrected chi connectivity index (χ2v) is 7.30. The van der Waals surface area contributed by atoms with Gasteiger partial charge in [0, 0.05) is 30.6 Å². The van der Waals surface area contributed by atoms with E-state index in [-0.39, 0.29) is 11.1 Å². The van der Waals surface area contributed by atoms with Crippen molar-refractivity contribution in [3.8, 4) is 24.3 Å². The maximum Gasteiger partial charge on any atom is 0.138 e. The van der Waals surface area contributed by atoms with E-state index in [0.717, 1.165) is 30.9 Å². The van der Waals surface area contributed by atoms with Crippen LogP contribution >= 0.6 is 22.7 Å². The molecule has 118 valence electrons. The van der Waals surface area contributed by atoms with Crippen LogP contribution in [0.5, 0.6) is 0 Å². The number of nitrogens with zero attached hydrogens (tertiary/aromatic N) is 4. The fourth-order valence-electron chi connectivity index (χ4n) is 3.14. The zero-order valence-corrected chi connectivity index (χ0v) is 14.7. The highest BCUT2D eigenvalue weighted by atomic mass is 32.1. The highest BCUT2D eigenvalue weighted by Crippen LogP contribution is 2.32. The van der Waals surface area contributed by atoms with Crippen molar-refractivity contribution in [2.45, 2.75) is 0 Å². The fourth-order valence-corrected chi connectivity index (χ4v) is 5.01. The number of thiophene rings is 2. The van der Waals surface area contributed by atoms with Crippen molar-refractivity contribution in [2.24, 2.45) is 0 Å². The second kappa shape index (κ2) is 5.99. The zero-order valence-electron chi connectivity index (χ0n) is 13.1. The van der Waals surface area contributed by atoms with Gasteiger partial charge in [-0.05, 0) is 45.8 Å². The molecule has 0 atom stereocenters. The average Bonchev–Trinajstić information content (AvgIpc) is 3.33. The Labute approximate surface area is 155 Å². The van der Waals surface area contributed by atoms with Crippen molar-refractivity contribution in [1.82, 2.24) is 0 Å². The quantitative estimate of drug-likeness (QED) is 0.474.